The van der Waals surface area contributed by atoms with Gasteiger partial charge in [-0.15, -0.1) is 0 Å². The minimum absolute atomic E-state index is 0.243. The van der Waals surface area contributed by atoms with Crippen molar-refractivity contribution in [1.29, 1.82) is 0 Å². The van der Waals surface area contributed by atoms with Gasteiger partial charge in [0.2, 0.25) is 6.79 Å². The first-order valence-electron chi connectivity index (χ1n) is 4.60. The molecule has 1 heterocycles. The van der Waals surface area contributed by atoms with Crippen LogP contribution in [-0.4, -0.2) is 13.1 Å². The summed E-state index contributed by atoms with van der Waals surface area (Å²) in [4.78, 5) is 11.0. The first-order chi connectivity index (χ1) is 7.04. The fourth-order valence-corrected chi connectivity index (χ4v) is 2.31. The number of carbonyl (C=O) groups excluding carboxylic acids is 1. The molecule has 4 heteroatoms. The molecule has 0 aliphatic carbocycles. The van der Waals surface area contributed by atoms with Gasteiger partial charge in [-0.2, -0.15) is 0 Å². The molecule has 0 fully saturated rings. The summed E-state index contributed by atoms with van der Waals surface area (Å²) >= 11 is 3.43. The molecule has 0 bridgehead atoms. The Morgan fingerprint density at radius 1 is 1.33 bits per heavy atom. The Morgan fingerprint density at radius 3 is 2.53 bits per heavy atom. The van der Waals surface area contributed by atoms with Gasteiger partial charge in [0.1, 0.15) is 6.29 Å². The van der Waals surface area contributed by atoms with E-state index in [0.29, 0.717) is 11.5 Å². The van der Waals surface area contributed by atoms with E-state index >= 15 is 0 Å². The van der Waals surface area contributed by atoms with Crippen LogP contribution in [0.1, 0.15) is 19.4 Å². The van der Waals surface area contributed by atoms with E-state index in [1.54, 1.807) is 0 Å². The van der Waals surface area contributed by atoms with Crippen LogP contribution in [-0.2, 0) is 10.2 Å². The van der Waals surface area contributed by atoms with E-state index in [9.17, 15) is 4.79 Å². The van der Waals surface area contributed by atoms with Crippen molar-refractivity contribution in [2.24, 2.45) is 0 Å². The highest BCUT2D eigenvalue weighted by Gasteiger charge is 2.26. The van der Waals surface area contributed by atoms with E-state index in [0.717, 1.165) is 16.3 Å². The van der Waals surface area contributed by atoms with Crippen LogP contribution >= 0.6 is 15.9 Å². The predicted molar refractivity (Wildman–Crippen MR) is 59.4 cm³/mol. The molecule has 0 saturated carbocycles. The van der Waals surface area contributed by atoms with Gasteiger partial charge in [-0.25, -0.2) is 0 Å². The molecule has 0 unspecified atom stereocenters. The van der Waals surface area contributed by atoms with Crippen LogP contribution in [0, 0.1) is 0 Å². The number of fused-ring (bicyclic) bond motifs is 1. The normalized spacial score (nSPS) is 14.1. The van der Waals surface area contributed by atoms with Crippen LogP contribution in [0.15, 0.2) is 16.6 Å². The molecular weight excluding hydrogens is 260 g/mol. The Balaban J connectivity index is 2.54. The lowest BCUT2D eigenvalue weighted by atomic mass is 9.86. The van der Waals surface area contributed by atoms with Crippen molar-refractivity contribution in [3.8, 4) is 11.5 Å². The first kappa shape index (κ1) is 10.5. The number of hydrogen-bond acceptors (Lipinski definition) is 3. The summed E-state index contributed by atoms with van der Waals surface area (Å²) < 4.78 is 11.4. The zero-order valence-corrected chi connectivity index (χ0v) is 10.1. The lowest BCUT2D eigenvalue weighted by Crippen LogP contribution is -2.19. The largest absolute Gasteiger partial charge is 0.454 e. The van der Waals surface area contributed by atoms with E-state index in [1.807, 2.05) is 26.0 Å². The molecule has 0 saturated heterocycles. The van der Waals surface area contributed by atoms with Crippen molar-refractivity contribution in [3.63, 3.8) is 0 Å². The second kappa shape index (κ2) is 3.52. The molecule has 0 spiro atoms. The monoisotopic (exact) mass is 270 g/mol. The Bertz CT molecular complexity index is 413. The van der Waals surface area contributed by atoms with Crippen LogP contribution in [0.25, 0.3) is 0 Å². The maximum absolute atomic E-state index is 11.0. The maximum atomic E-state index is 11.0. The van der Waals surface area contributed by atoms with Gasteiger partial charge >= 0.3 is 0 Å². The van der Waals surface area contributed by atoms with Crippen LogP contribution < -0.4 is 9.47 Å². The van der Waals surface area contributed by atoms with Crippen molar-refractivity contribution in [2.45, 2.75) is 19.3 Å². The summed E-state index contributed by atoms with van der Waals surface area (Å²) in [6.45, 7) is 3.97. The molecule has 3 nitrogen and oxygen atoms in total. The molecule has 0 radical (unpaired) electrons. The lowest BCUT2D eigenvalue weighted by Gasteiger charge is -2.19. The fourth-order valence-electron chi connectivity index (χ4n) is 1.47. The number of benzene rings is 1. The third-order valence-corrected chi connectivity index (χ3v) is 3.11. The van der Waals surface area contributed by atoms with E-state index in [-0.39, 0.29) is 6.79 Å². The summed E-state index contributed by atoms with van der Waals surface area (Å²) in [5.74, 6) is 1.41. The average Bonchev–Trinajstić information content (AvgIpc) is 2.63. The number of carbonyl (C=O) groups is 1. The van der Waals surface area contributed by atoms with Gasteiger partial charge < -0.3 is 14.3 Å². The molecule has 0 N–H and O–H groups in total. The predicted octanol–water partition coefficient (Wildman–Crippen LogP) is 2.65. The molecule has 1 aromatic carbocycles. The minimum atomic E-state index is -0.528. The Hall–Kier alpha value is -1.03. The van der Waals surface area contributed by atoms with Crippen molar-refractivity contribution >= 4 is 22.2 Å². The van der Waals surface area contributed by atoms with Gasteiger partial charge in [0.15, 0.2) is 11.5 Å². The zero-order valence-electron chi connectivity index (χ0n) is 8.54. The molecular formula is C11H11BrO3. The van der Waals surface area contributed by atoms with Crippen LogP contribution in [0.2, 0.25) is 0 Å². The van der Waals surface area contributed by atoms with Crippen LogP contribution in [0.5, 0.6) is 11.5 Å². The second-order valence-electron chi connectivity index (χ2n) is 4.02. The summed E-state index contributed by atoms with van der Waals surface area (Å²) in [6.07, 6.45) is 0.926. The molecule has 15 heavy (non-hydrogen) atoms. The summed E-state index contributed by atoms with van der Waals surface area (Å²) in [5.41, 5.74) is 0.376. The molecule has 1 aliphatic heterocycles. The van der Waals surface area contributed by atoms with E-state index in [1.165, 1.54) is 0 Å². The summed E-state index contributed by atoms with van der Waals surface area (Å²) in [6, 6.07) is 3.68. The van der Waals surface area contributed by atoms with Crippen molar-refractivity contribution < 1.29 is 14.3 Å². The Labute approximate surface area is 96.5 Å². The SMILES string of the molecule is CC(C)(C=O)c1cc2c(cc1Br)OCO2. The highest BCUT2D eigenvalue weighted by Crippen LogP contribution is 2.40. The lowest BCUT2D eigenvalue weighted by molar-refractivity contribution is -0.111. The molecule has 1 aliphatic rings. The average molecular weight is 271 g/mol. The molecule has 80 valence electrons. The Morgan fingerprint density at radius 2 is 1.93 bits per heavy atom. The van der Waals surface area contributed by atoms with Gasteiger partial charge in [-0.3, -0.25) is 0 Å². The quantitative estimate of drug-likeness (QED) is 0.776. The third kappa shape index (κ3) is 1.74. The number of aldehydes is 1. The smallest absolute Gasteiger partial charge is 0.231 e. The van der Waals surface area contributed by atoms with Gasteiger partial charge in [0.05, 0.1) is 0 Å². The van der Waals surface area contributed by atoms with E-state index in [4.69, 9.17) is 9.47 Å². The number of hydrogen-bond donors (Lipinski definition) is 0. The van der Waals surface area contributed by atoms with Crippen LogP contribution in [0.3, 0.4) is 0 Å². The summed E-state index contributed by atoms with van der Waals surface area (Å²) in [7, 11) is 0. The summed E-state index contributed by atoms with van der Waals surface area (Å²) in [5, 5.41) is 0. The zero-order chi connectivity index (χ0) is 11.1. The maximum Gasteiger partial charge on any atom is 0.231 e. The number of halogens is 1. The topological polar surface area (TPSA) is 35.5 Å². The van der Waals surface area contributed by atoms with E-state index in [2.05, 4.69) is 15.9 Å². The highest BCUT2D eigenvalue weighted by molar-refractivity contribution is 9.10. The highest BCUT2D eigenvalue weighted by atomic mass is 79.9. The minimum Gasteiger partial charge on any atom is -0.454 e. The Kier molecular flexibility index (Phi) is 2.46. The number of rotatable bonds is 2. The van der Waals surface area contributed by atoms with Gasteiger partial charge in [-0.05, 0) is 31.5 Å². The van der Waals surface area contributed by atoms with E-state index < -0.39 is 5.41 Å². The molecule has 2 rings (SSSR count). The third-order valence-electron chi connectivity index (χ3n) is 2.45. The molecule has 0 atom stereocenters. The first-order valence-corrected chi connectivity index (χ1v) is 5.40. The molecule has 0 amide bonds. The van der Waals surface area contributed by atoms with Gasteiger partial charge in [-0.1, -0.05) is 15.9 Å². The van der Waals surface area contributed by atoms with Gasteiger partial charge in [0.25, 0.3) is 0 Å². The van der Waals surface area contributed by atoms with Crippen molar-refractivity contribution in [3.05, 3.63) is 22.2 Å². The van der Waals surface area contributed by atoms with Crippen LogP contribution in [0.4, 0.5) is 0 Å². The number of ether oxygens (including phenoxy) is 2. The standard InChI is InChI=1S/C11H11BrO3/c1-11(2,5-13)7-3-9-10(4-8(7)12)15-6-14-9/h3-5H,6H2,1-2H3. The van der Waals surface area contributed by atoms with Crippen molar-refractivity contribution in [1.82, 2.24) is 0 Å². The van der Waals surface area contributed by atoms with Crippen molar-refractivity contribution in [2.75, 3.05) is 6.79 Å². The molecule has 1 aromatic rings. The molecule has 0 aromatic heterocycles. The van der Waals surface area contributed by atoms with Gasteiger partial charge in [0, 0.05) is 9.89 Å². The fraction of sp³-hybridized carbons (Fsp3) is 0.364. The second-order valence-corrected chi connectivity index (χ2v) is 4.88.